The van der Waals surface area contributed by atoms with Crippen LogP contribution in [0.25, 0.3) is 0 Å². The lowest BCUT2D eigenvalue weighted by molar-refractivity contribution is 0.0992. The first-order valence-corrected chi connectivity index (χ1v) is 6.06. The predicted octanol–water partition coefficient (Wildman–Crippen LogP) is 2.56. The Labute approximate surface area is 112 Å². The molecule has 0 aliphatic heterocycles. The van der Waals surface area contributed by atoms with Gasteiger partial charge in [-0.05, 0) is 32.0 Å². The number of nitrogens with zero attached hydrogens (tertiary/aromatic N) is 2. The van der Waals surface area contributed by atoms with Crippen LogP contribution < -0.4 is 10.6 Å². The fourth-order valence-corrected chi connectivity index (χ4v) is 1.83. The molecule has 1 aromatic heterocycles. The molecule has 0 bridgehead atoms. The Bertz CT molecular complexity index is 605. The summed E-state index contributed by atoms with van der Waals surface area (Å²) in [5.74, 6) is -0.110. The first-order chi connectivity index (χ1) is 8.99. The molecule has 2 rings (SSSR count). The van der Waals surface area contributed by atoms with Gasteiger partial charge in [0.15, 0.2) is 0 Å². The minimum atomic E-state index is -0.110. The van der Waals surface area contributed by atoms with Gasteiger partial charge in [0, 0.05) is 12.7 Å². The van der Waals surface area contributed by atoms with Gasteiger partial charge in [0.25, 0.3) is 5.91 Å². The van der Waals surface area contributed by atoms with Crippen molar-refractivity contribution in [2.45, 2.75) is 13.8 Å². The van der Waals surface area contributed by atoms with E-state index >= 15 is 0 Å². The molecule has 4 nitrogen and oxygen atoms in total. The molecule has 0 saturated carbocycles. The maximum atomic E-state index is 12.4. The summed E-state index contributed by atoms with van der Waals surface area (Å²) in [4.78, 5) is 18.2. The summed E-state index contributed by atoms with van der Waals surface area (Å²) in [6.07, 6.45) is 1.55. The van der Waals surface area contributed by atoms with E-state index in [1.54, 1.807) is 31.1 Å². The van der Waals surface area contributed by atoms with E-state index in [1.807, 2.05) is 31.2 Å². The quantitative estimate of drug-likeness (QED) is 0.897. The van der Waals surface area contributed by atoms with Crippen LogP contribution in [-0.4, -0.2) is 17.9 Å². The molecule has 2 aromatic rings. The van der Waals surface area contributed by atoms with Gasteiger partial charge in [-0.15, -0.1) is 0 Å². The van der Waals surface area contributed by atoms with Crippen LogP contribution in [0.3, 0.4) is 0 Å². The molecule has 0 unspecified atom stereocenters. The van der Waals surface area contributed by atoms with Crippen LogP contribution in [0.5, 0.6) is 0 Å². The van der Waals surface area contributed by atoms with E-state index < -0.39 is 0 Å². The number of aromatic nitrogens is 1. The molecule has 0 radical (unpaired) electrons. The maximum absolute atomic E-state index is 12.4. The second-order valence-corrected chi connectivity index (χ2v) is 4.60. The summed E-state index contributed by atoms with van der Waals surface area (Å²) in [5.41, 5.74) is 9.40. The van der Waals surface area contributed by atoms with E-state index in [1.165, 1.54) is 0 Å². The number of nitrogen functional groups attached to an aromatic ring is 1. The molecule has 1 amide bonds. The highest BCUT2D eigenvalue weighted by molar-refractivity contribution is 6.06. The van der Waals surface area contributed by atoms with E-state index in [4.69, 9.17) is 5.73 Å². The monoisotopic (exact) mass is 255 g/mol. The van der Waals surface area contributed by atoms with Crippen molar-refractivity contribution in [3.05, 3.63) is 53.3 Å². The van der Waals surface area contributed by atoms with Gasteiger partial charge in [0.2, 0.25) is 0 Å². The van der Waals surface area contributed by atoms with E-state index in [0.717, 1.165) is 11.3 Å². The van der Waals surface area contributed by atoms with Gasteiger partial charge in [-0.1, -0.05) is 17.7 Å². The Kier molecular flexibility index (Phi) is 3.51. The number of carbonyl (C=O) groups excluding carboxylic acids is 1. The Morgan fingerprint density at radius 3 is 2.47 bits per heavy atom. The number of anilines is 2. The van der Waals surface area contributed by atoms with Crippen LogP contribution in [0.4, 0.5) is 11.4 Å². The van der Waals surface area contributed by atoms with E-state index in [0.29, 0.717) is 16.9 Å². The lowest BCUT2D eigenvalue weighted by Gasteiger charge is -2.18. The van der Waals surface area contributed by atoms with Crippen molar-refractivity contribution in [1.29, 1.82) is 0 Å². The Hall–Kier alpha value is -2.36. The number of benzene rings is 1. The lowest BCUT2D eigenvalue weighted by Crippen LogP contribution is -2.27. The Morgan fingerprint density at radius 1 is 1.21 bits per heavy atom. The average molecular weight is 255 g/mol. The third kappa shape index (κ3) is 2.73. The lowest BCUT2D eigenvalue weighted by atomic mass is 10.1. The highest BCUT2D eigenvalue weighted by atomic mass is 16.2. The third-order valence-electron chi connectivity index (χ3n) is 3.06. The van der Waals surface area contributed by atoms with Crippen LogP contribution in [0.15, 0.2) is 36.5 Å². The highest BCUT2D eigenvalue weighted by Gasteiger charge is 2.16. The summed E-state index contributed by atoms with van der Waals surface area (Å²) in [6.45, 7) is 3.81. The fraction of sp³-hybridized carbons (Fsp3) is 0.200. The topological polar surface area (TPSA) is 59.2 Å². The van der Waals surface area contributed by atoms with Crippen molar-refractivity contribution in [2.24, 2.45) is 0 Å². The molecule has 0 saturated heterocycles. The Balaban J connectivity index is 2.33. The van der Waals surface area contributed by atoms with Crippen molar-refractivity contribution in [3.8, 4) is 0 Å². The number of hydrogen-bond acceptors (Lipinski definition) is 3. The zero-order chi connectivity index (χ0) is 14.0. The summed E-state index contributed by atoms with van der Waals surface area (Å²) < 4.78 is 0. The summed E-state index contributed by atoms with van der Waals surface area (Å²) in [6, 6.07) is 9.45. The minimum absolute atomic E-state index is 0.110. The van der Waals surface area contributed by atoms with Crippen molar-refractivity contribution < 1.29 is 4.79 Å². The number of nitrogens with two attached hydrogens (primary N) is 1. The molecule has 1 aromatic carbocycles. The molecule has 0 atom stereocenters. The molecule has 1 heterocycles. The minimum Gasteiger partial charge on any atom is -0.397 e. The van der Waals surface area contributed by atoms with Gasteiger partial charge in [-0.2, -0.15) is 0 Å². The number of amides is 1. The molecule has 0 aliphatic rings. The van der Waals surface area contributed by atoms with E-state index in [2.05, 4.69) is 4.98 Å². The molecule has 2 N–H and O–H groups in total. The van der Waals surface area contributed by atoms with Crippen molar-refractivity contribution in [3.63, 3.8) is 0 Å². The highest BCUT2D eigenvalue weighted by Crippen LogP contribution is 2.18. The zero-order valence-electron chi connectivity index (χ0n) is 11.3. The fourth-order valence-electron chi connectivity index (χ4n) is 1.83. The number of carbonyl (C=O) groups is 1. The van der Waals surface area contributed by atoms with Crippen LogP contribution in [-0.2, 0) is 0 Å². The second kappa shape index (κ2) is 5.10. The average Bonchev–Trinajstić information content (AvgIpc) is 2.41. The van der Waals surface area contributed by atoms with Crippen LogP contribution in [0, 0.1) is 13.8 Å². The third-order valence-corrected chi connectivity index (χ3v) is 3.06. The molecular formula is C15H17N3O. The SMILES string of the molecule is Cc1ccc(N(C)C(=O)c2cc(N)cnc2C)cc1. The Morgan fingerprint density at radius 2 is 1.84 bits per heavy atom. The summed E-state index contributed by atoms with van der Waals surface area (Å²) >= 11 is 0. The van der Waals surface area contributed by atoms with Gasteiger partial charge in [-0.3, -0.25) is 9.78 Å². The van der Waals surface area contributed by atoms with Gasteiger partial charge >= 0.3 is 0 Å². The van der Waals surface area contributed by atoms with Gasteiger partial charge in [0.05, 0.1) is 23.1 Å². The standard InChI is InChI=1S/C15H17N3O/c1-10-4-6-13(7-5-10)18(3)15(19)14-8-12(16)9-17-11(14)2/h4-9H,16H2,1-3H3. The van der Waals surface area contributed by atoms with Crippen LogP contribution in [0.1, 0.15) is 21.6 Å². The number of rotatable bonds is 2. The van der Waals surface area contributed by atoms with E-state index in [9.17, 15) is 4.79 Å². The molecule has 0 aliphatic carbocycles. The number of pyridine rings is 1. The van der Waals surface area contributed by atoms with Crippen LogP contribution >= 0.6 is 0 Å². The first kappa shape index (κ1) is 13.1. The molecular weight excluding hydrogens is 238 g/mol. The largest absolute Gasteiger partial charge is 0.397 e. The van der Waals surface area contributed by atoms with Crippen LogP contribution in [0.2, 0.25) is 0 Å². The molecule has 0 spiro atoms. The molecule has 98 valence electrons. The van der Waals surface area contributed by atoms with Gasteiger partial charge < -0.3 is 10.6 Å². The molecule has 4 heteroatoms. The zero-order valence-corrected chi connectivity index (χ0v) is 11.3. The van der Waals surface area contributed by atoms with Crippen molar-refractivity contribution in [1.82, 2.24) is 4.98 Å². The van der Waals surface area contributed by atoms with Gasteiger partial charge in [-0.25, -0.2) is 0 Å². The number of hydrogen-bond donors (Lipinski definition) is 1. The van der Waals surface area contributed by atoms with Crippen molar-refractivity contribution in [2.75, 3.05) is 17.7 Å². The maximum Gasteiger partial charge on any atom is 0.259 e. The summed E-state index contributed by atoms with van der Waals surface area (Å²) in [5, 5.41) is 0. The second-order valence-electron chi connectivity index (χ2n) is 4.60. The first-order valence-electron chi connectivity index (χ1n) is 6.06. The summed E-state index contributed by atoms with van der Waals surface area (Å²) in [7, 11) is 1.75. The van der Waals surface area contributed by atoms with Gasteiger partial charge in [0.1, 0.15) is 0 Å². The normalized spacial score (nSPS) is 10.3. The molecule has 0 fully saturated rings. The van der Waals surface area contributed by atoms with Crippen molar-refractivity contribution >= 4 is 17.3 Å². The predicted molar refractivity (Wildman–Crippen MR) is 77.3 cm³/mol. The van der Waals surface area contributed by atoms with E-state index in [-0.39, 0.29) is 5.91 Å². The molecule has 19 heavy (non-hydrogen) atoms. The number of aryl methyl sites for hydroxylation is 2. The smallest absolute Gasteiger partial charge is 0.259 e.